The van der Waals surface area contributed by atoms with Crippen LogP contribution >= 0.6 is 0 Å². The molecule has 1 saturated carbocycles. The highest BCUT2D eigenvalue weighted by Gasteiger charge is 2.18. The maximum Gasteiger partial charge on any atom is 0.251 e. The monoisotopic (exact) mass is 294 g/mol. The second-order valence-electron chi connectivity index (χ2n) is 5.68. The number of halogens is 1. The van der Waals surface area contributed by atoms with Crippen molar-refractivity contribution in [2.24, 2.45) is 5.73 Å². The smallest absolute Gasteiger partial charge is 0.251 e. The van der Waals surface area contributed by atoms with E-state index in [1.807, 2.05) is 0 Å². The maximum atomic E-state index is 13.2. The minimum Gasteiger partial charge on any atom is -0.376 e. The van der Waals surface area contributed by atoms with Gasteiger partial charge in [-0.1, -0.05) is 0 Å². The lowest BCUT2D eigenvalue weighted by Crippen LogP contribution is -2.33. The lowest BCUT2D eigenvalue weighted by Gasteiger charge is -2.26. The second-order valence-corrected chi connectivity index (χ2v) is 5.68. The third-order valence-electron chi connectivity index (χ3n) is 3.76. The molecule has 2 rings (SSSR count). The molecule has 1 amide bonds. The molecule has 1 aromatic carbocycles. The predicted molar refractivity (Wildman–Crippen MR) is 79.7 cm³/mol. The van der Waals surface area contributed by atoms with Gasteiger partial charge in [0, 0.05) is 18.2 Å². The van der Waals surface area contributed by atoms with Crippen LogP contribution in [-0.4, -0.2) is 31.2 Å². The number of carbonyl (C=O) groups is 1. The van der Waals surface area contributed by atoms with Crippen LogP contribution in [0.15, 0.2) is 18.2 Å². The SMILES string of the molecule is Cc1cc(F)cc(C(=O)NCCOC2CCC(N)CC2)c1. The number of aryl methyl sites for hydroxylation is 1. The van der Waals surface area contributed by atoms with Gasteiger partial charge in [0.2, 0.25) is 0 Å². The Labute approximate surface area is 124 Å². The predicted octanol–water partition coefficient (Wildman–Crippen LogP) is 2.15. The lowest BCUT2D eigenvalue weighted by molar-refractivity contribution is 0.0267. The van der Waals surface area contributed by atoms with Crippen molar-refractivity contribution in [2.75, 3.05) is 13.2 Å². The number of nitrogens with one attached hydrogen (secondary N) is 1. The molecule has 0 saturated heterocycles. The number of carbonyl (C=O) groups excluding carboxylic acids is 1. The average Bonchev–Trinajstić information content (AvgIpc) is 2.44. The standard InChI is InChI=1S/C16H23FN2O2/c1-11-8-12(10-13(17)9-11)16(20)19-6-7-21-15-4-2-14(18)3-5-15/h8-10,14-15H,2-7,18H2,1H3,(H,19,20). The fraction of sp³-hybridized carbons (Fsp3) is 0.562. The number of amides is 1. The van der Waals surface area contributed by atoms with Gasteiger partial charge in [0.05, 0.1) is 12.7 Å². The molecule has 21 heavy (non-hydrogen) atoms. The Morgan fingerprint density at radius 1 is 1.33 bits per heavy atom. The number of nitrogens with two attached hydrogens (primary N) is 1. The summed E-state index contributed by atoms with van der Waals surface area (Å²) < 4.78 is 19.0. The zero-order chi connectivity index (χ0) is 15.2. The first-order valence-electron chi connectivity index (χ1n) is 7.47. The highest BCUT2D eigenvalue weighted by Crippen LogP contribution is 2.19. The molecule has 0 radical (unpaired) electrons. The normalized spacial score (nSPS) is 22.0. The molecule has 116 valence electrons. The Bertz CT molecular complexity index is 465. The van der Waals surface area contributed by atoms with E-state index in [0.717, 1.165) is 31.2 Å². The lowest BCUT2D eigenvalue weighted by atomic mass is 9.94. The van der Waals surface area contributed by atoms with Gasteiger partial charge in [-0.3, -0.25) is 4.79 Å². The molecule has 0 aromatic heterocycles. The Hall–Kier alpha value is -1.46. The highest BCUT2D eigenvalue weighted by molar-refractivity contribution is 5.94. The van der Waals surface area contributed by atoms with E-state index in [0.29, 0.717) is 24.8 Å². The Morgan fingerprint density at radius 3 is 2.71 bits per heavy atom. The molecule has 1 fully saturated rings. The van der Waals surface area contributed by atoms with Gasteiger partial charge in [-0.15, -0.1) is 0 Å². The summed E-state index contributed by atoms with van der Waals surface area (Å²) in [6.07, 6.45) is 4.22. The zero-order valence-electron chi connectivity index (χ0n) is 12.4. The molecular formula is C16H23FN2O2. The average molecular weight is 294 g/mol. The molecule has 0 aliphatic heterocycles. The summed E-state index contributed by atoms with van der Waals surface area (Å²) in [5.74, 6) is -0.665. The fourth-order valence-corrected chi connectivity index (χ4v) is 2.61. The molecule has 0 atom stereocenters. The first kappa shape index (κ1) is 15.9. The van der Waals surface area contributed by atoms with Gasteiger partial charge in [-0.25, -0.2) is 4.39 Å². The van der Waals surface area contributed by atoms with Crippen molar-refractivity contribution in [3.05, 3.63) is 35.1 Å². The van der Waals surface area contributed by atoms with Gasteiger partial charge in [0.15, 0.2) is 0 Å². The molecule has 0 spiro atoms. The van der Waals surface area contributed by atoms with Crippen LogP contribution in [0.1, 0.15) is 41.6 Å². The van der Waals surface area contributed by atoms with Crippen LogP contribution in [0.25, 0.3) is 0 Å². The zero-order valence-corrected chi connectivity index (χ0v) is 12.4. The summed E-state index contributed by atoms with van der Waals surface area (Å²) in [5.41, 5.74) is 6.91. The molecule has 0 unspecified atom stereocenters. The van der Waals surface area contributed by atoms with E-state index in [1.54, 1.807) is 13.0 Å². The van der Waals surface area contributed by atoms with E-state index >= 15 is 0 Å². The molecule has 1 aromatic rings. The molecule has 1 aliphatic rings. The first-order chi connectivity index (χ1) is 10.0. The van der Waals surface area contributed by atoms with Crippen LogP contribution < -0.4 is 11.1 Å². The minimum atomic E-state index is -0.394. The van der Waals surface area contributed by atoms with E-state index in [9.17, 15) is 9.18 Å². The van der Waals surface area contributed by atoms with Crippen LogP contribution in [0.5, 0.6) is 0 Å². The summed E-state index contributed by atoms with van der Waals surface area (Å²) in [6, 6.07) is 4.61. The van der Waals surface area contributed by atoms with Gasteiger partial charge in [-0.2, -0.15) is 0 Å². The van der Waals surface area contributed by atoms with E-state index < -0.39 is 5.82 Å². The van der Waals surface area contributed by atoms with Crippen molar-refractivity contribution in [2.45, 2.75) is 44.8 Å². The minimum absolute atomic E-state index is 0.248. The van der Waals surface area contributed by atoms with E-state index in [4.69, 9.17) is 10.5 Å². The van der Waals surface area contributed by atoms with Crippen LogP contribution in [0.3, 0.4) is 0 Å². The molecule has 3 N–H and O–H groups in total. The molecule has 4 nitrogen and oxygen atoms in total. The van der Waals surface area contributed by atoms with Crippen LogP contribution in [0.2, 0.25) is 0 Å². The second kappa shape index (κ2) is 7.52. The van der Waals surface area contributed by atoms with Gasteiger partial charge >= 0.3 is 0 Å². The summed E-state index contributed by atoms with van der Waals surface area (Å²) in [7, 11) is 0. The maximum absolute atomic E-state index is 13.2. The largest absolute Gasteiger partial charge is 0.376 e. The number of ether oxygens (including phenoxy) is 1. The Balaban J connectivity index is 1.69. The van der Waals surface area contributed by atoms with Crippen molar-refractivity contribution >= 4 is 5.91 Å². The van der Waals surface area contributed by atoms with Gasteiger partial charge < -0.3 is 15.8 Å². The van der Waals surface area contributed by atoms with Gasteiger partial charge in [0.25, 0.3) is 5.91 Å². The highest BCUT2D eigenvalue weighted by atomic mass is 19.1. The summed E-state index contributed by atoms with van der Waals surface area (Å²) >= 11 is 0. The van der Waals surface area contributed by atoms with Crippen molar-refractivity contribution in [3.63, 3.8) is 0 Å². The van der Waals surface area contributed by atoms with E-state index in [-0.39, 0.29) is 12.0 Å². The third kappa shape index (κ3) is 5.10. The van der Waals surface area contributed by atoms with E-state index in [2.05, 4.69) is 5.32 Å². The fourth-order valence-electron chi connectivity index (χ4n) is 2.61. The van der Waals surface area contributed by atoms with Crippen LogP contribution in [0.4, 0.5) is 4.39 Å². The van der Waals surface area contributed by atoms with Crippen molar-refractivity contribution in [3.8, 4) is 0 Å². The molecule has 0 heterocycles. The molecule has 1 aliphatic carbocycles. The topological polar surface area (TPSA) is 64.3 Å². The number of benzene rings is 1. The number of hydrogen-bond acceptors (Lipinski definition) is 3. The summed E-state index contributed by atoms with van der Waals surface area (Å²) in [5, 5.41) is 2.75. The number of rotatable bonds is 5. The number of hydrogen-bond donors (Lipinski definition) is 2. The van der Waals surface area contributed by atoms with Crippen molar-refractivity contribution in [1.29, 1.82) is 0 Å². The summed E-state index contributed by atoms with van der Waals surface area (Å²) in [4.78, 5) is 11.9. The quantitative estimate of drug-likeness (QED) is 0.818. The molecule has 5 heteroatoms. The van der Waals surface area contributed by atoms with Crippen LogP contribution in [-0.2, 0) is 4.74 Å². The Morgan fingerprint density at radius 2 is 2.05 bits per heavy atom. The van der Waals surface area contributed by atoms with Crippen LogP contribution in [0, 0.1) is 12.7 Å². The van der Waals surface area contributed by atoms with Crippen molar-refractivity contribution in [1.82, 2.24) is 5.32 Å². The molecule has 0 bridgehead atoms. The van der Waals surface area contributed by atoms with Crippen molar-refractivity contribution < 1.29 is 13.9 Å². The Kier molecular flexibility index (Phi) is 5.70. The third-order valence-corrected chi connectivity index (χ3v) is 3.76. The first-order valence-corrected chi connectivity index (χ1v) is 7.47. The summed E-state index contributed by atoms with van der Waals surface area (Å²) in [6.45, 7) is 2.66. The van der Waals surface area contributed by atoms with Gasteiger partial charge in [0.1, 0.15) is 5.82 Å². The van der Waals surface area contributed by atoms with Gasteiger partial charge in [-0.05, 0) is 56.4 Å². The van der Waals surface area contributed by atoms with E-state index in [1.165, 1.54) is 12.1 Å². The molecular weight excluding hydrogens is 271 g/mol.